The molecule has 1 amide bonds. The van der Waals surface area contributed by atoms with Crippen molar-refractivity contribution in [2.75, 3.05) is 30.7 Å². The van der Waals surface area contributed by atoms with Crippen LogP contribution in [-0.4, -0.2) is 61.3 Å². The number of nitrogens with two attached hydrogens (primary N) is 1. The smallest absolute Gasteiger partial charge is 0.278 e. The molecule has 7 rings (SSSR count). The predicted molar refractivity (Wildman–Crippen MR) is 173 cm³/mol. The number of thiazole rings is 1. The zero-order valence-electron chi connectivity index (χ0n) is 25.9. The van der Waals surface area contributed by atoms with E-state index in [-0.39, 0.29) is 29.6 Å². The zero-order chi connectivity index (χ0) is 31.0. The van der Waals surface area contributed by atoms with Crippen molar-refractivity contribution in [3.63, 3.8) is 0 Å². The van der Waals surface area contributed by atoms with Crippen LogP contribution in [0, 0.1) is 0 Å². The van der Waals surface area contributed by atoms with E-state index in [1.54, 1.807) is 6.20 Å². The van der Waals surface area contributed by atoms with Crippen LogP contribution in [-0.2, 0) is 34.5 Å². The molecule has 2 fully saturated rings. The summed E-state index contributed by atoms with van der Waals surface area (Å²) < 4.78 is 14.2. The van der Waals surface area contributed by atoms with Crippen LogP contribution in [0.2, 0.25) is 0 Å². The van der Waals surface area contributed by atoms with Crippen LogP contribution in [0.3, 0.4) is 0 Å². The van der Waals surface area contributed by atoms with Crippen LogP contribution in [0.5, 0.6) is 0 Å². The maximum Gasteiger partial charge on any atom is 0.278 e. The first-order chi connectivity index (χ1) is 21.8. The summed E-state index contributed by atoms with van der Waals surface area (Å²) in [6, 6.07) is 10.6. The average Bonchev–Trinajstić information content (AvgIpc) is 3.68. The number of fused-ring (bicyclic) bond motifs is 3. The van der Waals surface area contributed by atoms with Crippen molar-refractivity contribution in [2.24, 2.45) is 0 Å². The predicted octanol–water partition coefficient (Wildman–Crippen LogP) is 5.35. The quantitative estimate of drug-likeness (QED) is 0.265. The number of nitrogen functional groups attached to an aromatic ring is 1. The molecule has 11 nitrogen and oxygen atoms in total. The minimum absolute atomic E-state index is 0.193. The summed E-state index contributed by atoms with van der Waals surface area (Å²) in [5.74, 6) is -0.107. The Morgan fingerprint density at radius 1 is 1.16 bits per heavy atom. The number of benzene rings is 1. The van der Waals surface area contributed by atoms with E-state index in [1.807, 2.05) is 10.1 Å². The molecule has 2 saturated heterocycles. The highest BCUT2D eigenvalue weighted by molar-refractivity contribution is 7.14. The number of carbonyl (C=O) groups is 1. The van der Waals surface area contributed by atoms with Crippen molar-refractivity contribution in [1.82, 2.24) is 29.6 Å². The van der Waals surface area contributed by atoms with Gasteiger partial charge < -0.3 is 15.2 Å². The molecule has 5 heterocycles. The van der Waals surface area contributed by atoms with Gasteiger partial charge >= 0.3 is 0 Å². The third-order valence-electron chi connectivity index (χ3n) is 8.99. The van der Waals surface area contributed by atoms with Crippen LogP contribution in [0.4, 0.5) is 11.1 Å². The van der Waals surface area contributed by atoms with Gasteiger partial charge in [0.1, 0.15) is 0 Å². The number of amides is 1. The Hall–Kier alpha value is -3.71. The van der Waals surface area contributed by atoms with Gasteiger partial charge in [-0.3, -0.25) is 15.0 Å². The minimum atomic E-state index is -0.389. The second-order valence-corrected chi connectivity index (χ2v) is 13.7. The summed E-state index contributed by atoms with van der Waals surface area (Å²) in [6.07, 6.45) is 7.22. The van der Waals surface area contributed by atoms with Crippen LogP contribution < -0.4 is 11.1 Å². The highest BCUT2D eigenvalue weighted by atomic mass is 32.1. The van der Waals surface area contributed by atoms with Gasteiger partial charge in [0.2, 0.25) is 5.95 Å². The van der Waals surface area contributed by atoms with Gasteiger partial charge in [-0.15, -0.1) is 11.3 Å². The van der Waals surface area contributed by atoms with Crippen molar-refractivity contribution in [3.8, 4) is 11.4 Å². The van der Waals surface area contributed by atoms with Gasteiger partial charge in [-0.25, -0.2) is 19.6 Å². The number of piperidine rings is 1. The lowest BCUT2D eigenvalue weighted by Crippen LogP contribution is -2.36. The second-order valence-electron chi connectivity index (χ2n) is 12.9. The van der Waals surface area contributed by atoms with E-state index in [9.17, 15) is 4.79 Å². The SMILES string of the molecule is CC1(C)Cc2cnc(N)nc2-c2c1c(C(=O)Nc1nc(COC3CCN(Cc4ccccc4)CC3)cs1)nn2C1CCCCO1. The van der Waals surface area contributed by atoms with Crippen LogP contribution >= 0.6 is 11.3 Å². The molecule has 236 valence electrons. The van der Waals surface area contributed by atoms with E-state index in [1.165, 1.54) is 16.9 Å². The molecule has 0 spiro atoms. The van der Waals surface area contributed by atoms with Crippen molar-refractivity contribution >= 4 is 28.3 Å². The van der Waals surface area contributed by atoms with E-state index < -0.39 is 0 Å². The van der Waals surface area contributed by atoms with E-state index in [0.29, 0.717) is 30.5 Å². The maximum atomic E-state index is 13.9. The first-order valence-corrected chi connectivity index (χ1v) is 16.7. The van der Waals surface area contributed by atoms with E-state index in [4.69, 9.17) is 20.3 Å². The van der Waals surface area contributed by atoms with Gasteiger partial charge in [0.05, 0.1) is 29.8 Å². The van der Waals surface area contributed by atoms with Crippen molar-refractivity contribution in [2.45, 2.75) is 83.3 Å². The van der Waals surface area contributed by atoms with Gasteiger partial charge in [0.25, 0.3) is 5.91 Å². The van der Waals surface area contributed by atoms with E-state index >= 15 is 0 Å². The van der Waals surface area contributed by atoms with E-state index in [0.717, 1.165) is 79.9 Å². The van der Waals surface area contributed by atoms with Gasteiger partial charge in [-0.05, 0) is 55.1 Å². The first-order valence-electron chi connectivity index (χ1n) is 15.8. The van der Waals surface area contributed by atoms with Crippen molar-refractivity contribution in [3.05, 3.63) is 70.0 Å². The highest BCUT2D eigenvalue weighted by Gasteiger charge is 2.42. The molecule has 3 N–H and O–H groups in total. The van der Waals surface area contributed by atoms with Gasteiger partial charge in [0.15, 0.2) is 17.1 Å². The highest BCUT2D eigenvalue weighted by Crippen LogP contribution is 2.46. The Kier molecular flexibility index (Phi) is 8.38. The molecule has 0 bridgehead atoms. The number of ether oxygens (including phenoxy) is 2. The summed E-state index contributed by atoms with van der Waals surface area (Å²) in [5, 5.41) is 10.4. The lowest BCUT2D eigenvalue weighted by molar-refractivity contribution is -0.0386. The number of aromatic nitrogens is 5. The number of likely N-dealkylation sites (tertiary alicyclic amines) is 1. The molecular formula is C33H40N8O3S. The van der Waals surface area contributed by atoms with Crippen LogP contribution in [0.25, 0.3) is 11.4 Å². The Morgan fingerprint density at radius 2 is 1.98 bits per heavy atom. The molecule has 0 radical (unpaired) electrons. The molecule has 1 aliphatic carbocycles. The zero-order valence-corrected chi connectivity index (χ0v) is 26.7. The molecule has 12 heteroatoms. The number of nitrogens with one attached hydrogen (secondary N) is 1. The molecule has 0 saturated carbocycles. The summed E-state index contributed by atoms with van der Waals surface area (Å²) in [4.78, 5) is 29.9. The summed E-state index contributed by atoms with van der Waals surface area (Å²) in [5.41, 5.74) is 11.5. The minimum Gasteiger partial charge on any atom is -0.372 e. The monoisotopic (exact) mass is 628 g/mol. The summed E-state index contributed by atoms with van der Waals surface area (Å²) >= 11 is 1.40. The first kappa shape index (κ1) is 30.0. The third kappa shape index (κ3) is 6.37. The number of hydrogen-bond acceptors (Lipinski definition) is 10. The number of rotatable bonds is 8. The lowest BCUT2D eigenvalue weighted by Gasteiger charge is -2.33. The van der Waals surface area contributed by atoms with Crippen molar-refractivity contribution < 1.29 is 14.3 Å². The lowest BCUT2D eigenvalue weighted by atomic mass is 9.73. The molecule has 3 aromatic heterocycles. The molecule has 1 aromatic carbocycles. The van der Waals surface area contributed by atoms with Crippen LogP contribution in [0.1, 0.15) is 85.1 Å². The third-order valence-corrected chi connectivity index (χ3v) is 9.80. The molecule has 1 unspecified atom stereocenters. The second kappa shape index (κ2) is 12.6. The number of nitrogens with zero attached hydrogens (tertiary/aromatic N) is 6. The fraction of sp³-hybridized carbons (Fsp3) is 0.485. The number of hydrogen-bond donors (Lipinski definition) is 2. The molecule has 4 aromatic rings. The molecule has 45 heavy (non-hydrogen) atoms. The average molecular weight is 629 g/mol. The van der Waals surface area contributed by atoms with Gasteiger partial charge in [-0.2, -0.15) is 5.10 Å². The molecule has 3 aliphatic rings. The van der Waals surface area contributed by atoms with Crippen molar-refractivity contribution in [1.29, 1.82) is 0 Å². The van der Waals surface area contributed by atoms with Gasteiger partial charge in [0, 0.05) is 43.4 Å². The summed E-state index contributed by atoms with van der Waals surface area (Å²) in [6.45, 7) is 8.33. The molecule has 2 aliphatic heterocycles. The Labute approximate surface area is 267 Å². The standard InChI is InChI=1S/C33H40N8O3S/c1-33(2)16-22-17-35-31(34)37-27(22)29-26(33)28(39-41(29)25-10-6-7-15-43-25)30(42)38-32-36-23(20-45-32)19-44-24-11-13-40(14-12-24)18-21-8-4-3-5-9-21/h3-5,8-9,17,20,24-25H,6-7,10-16,18-19H2,1-2H3,(H2,34,35,37)(H,36,38,42). The topological polar surface area (TPSA) is 133 Å². The fourth-order valence-electron chi connectivity index (χ4n) is 6.77. The molecular weight excluding hydrogens is 588 g/mol. The Balaban J connectivity index is 1.04. The van der Waals surface area contributed by atoms with Gasteiger partial charge in [-0.1, -0.05) is 44.2 Å². The Morgan fingerprint density at radius 3 is 2.76 bits per heavy atom. The fourth-order valence-corrected chi connectivity index (χ4v) is 7.46. The largest absolute Gasteiger partial charge is 0.372 e. The number of anilines is 2. The van der Waals surface area contributed by atoms with E-state index in [2.05, 4.69) is 69.3 Å². The summed E-state index contributed by atoms with van der Waals surface area (Å²) in [7, 11) is 0. The maximum absolute atomic E-state index is 13.9. The normalized spacial score (nSPS) is 20.0. The Bertz CT molecular complexity index is 1660. The number of carbonyl (C=O) groups excluding carboxylic acids is 1. The molecule has 1 atom stereocenters. The van der Waals surface area contributed by atoms with Crippen LogP contribution in [0.15, 0.2) is 41.9 Å².